The minimum atomic E-state index is -3.64. The van der Waals surface area contributed by atoms with Crippen LogP contribution in [-0.4, -0.2) is 28.0 Å². The number of carbonyl (C=O) groups excluding carboxylic acids is 1. The molecule has 0 spiro atoms. The minimum absolute atomic E-state index is 0.0107. The molecular formula is C16H17BrN2O4S. The lowest BCUT2D eigenvalue weighted by molar-refractivity contribution is -0.116. The van der Waals surface area contributed by atoms with Crippen molar-refractivity contribution >= 4 is 37.5 Å². The molecule has 0 aliphatic rings. The molecule has 0 atom stereocenters. The summed E-state index contributed by atoms with van der Waals surface area (Å²) in [5, 5.41) is 2.69. The number of halogens is 1. The first-order chi connectivity index (χ1) is 11.4. The maximum absolute atomic E-state index is 12.1. The first-order valence-corrected chi connectivity index (χ1v) is 9.37. The highest BCUT2D eigenvalue weighted by atomic mass is 79.9. The molecule has 24 heavy (non-hydrogen) atoms. The Bertz CT molecular complexity index is 807. The highest BCUT2D eigenvalue weighted by molar-refractivity contribution is 9.10. The van der Waals surface area contributed by atoms with Gasteiger partial charge < -0.3 is 10.1 Å². The zero-order valence-corrected chi connectivity index (χ0v) is 15.4. The van der Waals surface area contributed by atoms with Gasteiger partial charge in [-0.25, -0.2) is 13.1 Å². The largest absolute Gasteiger partial charge is 0.497 e. The summed E-state index contributed by atoms with van der Waals surface area (Å²) in [5.41, 5.74) is 0.621. The Balaban J connectivity index is 1.85. The van der Waals surface area contributed by atoms with Crippen LogP contribution in [0.15, 0.2) is 57.9 Å². The van der Waals surface area contributed by atoms with Crippen LogP contribution in [0.2, 0.25) is 0 Å². The maximum Gasteiger partial charge on any atom is 0.240 e. The Labute approximate surface area is 149 Å². The summed E-state index contributed by atoms with van der Waals surface area (Å²) >= 11 is 3.23. The van der Waals surface area contributed by atoms with Gasteiger partial charge in [0.2, 0.25) is 15.9 Å². The number of methoxy groups -OCH3 is 1. The molecule has 0 unspecified atom stereocenters. The minimum Gasteiger partial charge on any atom is -0.497 e. The molecule has 0 saturated heterocycles. The van der Waals surface area contributed by atoms with Gasteiger partial charge in [-0.3, -0.25) is 4.79 Å². The number of amides is 1. The number of nitrogens with one attached hydrogen (secondary N) is 2. The van der Waals surface area contributed by atoms with E-state index >= 15 is 0 Å². The normalized spacial score (nSPS) is 11.1. The summed E-state index contributed by atoms with van der Waals surface area (Å²) in [5.74, 6) is 0.409. The van der Waals surface area contributed by atoms with Gasteiger partial charge in [-0.2, -0.15) is 0 Å². The number of hydrogen-bond donors (Lipinski definition) is 2. The number of anilines is 1. The molecule has 8 heteroatoms. The van der Waals surface area contributed by atoms with Crippen LogP contribution in [0.25, 0.3) is 0 Å². The Morgan fingerprint density at radius 3 is 2.50 bits per heavy atom. The molecule has 0 bridgehead atoms. The Morgan fingerprint density at radius 2 is 1.88 bits per heavy atom. The first-order valence-electron chi connectivity index (χ1n) is 7.10. The van der Waals surface area contributed by atoms with Crippen molar-refractivity contribution in [2.24, 2.45) is 0 Å². The third-order valence-electron chi connectivity index (χ3n) is 3.12. The number of benzene rings is 2. The van der Waals surface area contributed by atoms with Gasteiger partial charge in [-0.05, 0) is 42.5 Å². The Hall–Kier alpha value is -1.90. The average molecular weight is 413 g/mol. The molecule has 0 aliphatic carbocycles. The third kappa shape index (κ3) is 5.33. The van der Waals surface area contributed by atoms with E-state index in [-0.39, 0.29) is 23.8 Å². The lowest BCUT2D eigenvalue weighted by atomic mass is 10.3. The topological polar surface area (TPSA) is 84.5 Å². The van der Waals surface area contributed by atoms with Gasteiger partial charge in [-0.1, -0.05) is 22.0 Å². The molecule has 1 amide bonds. The lowest BCUT2D eigenvalue weighted by Crippen LogP contribution is -2.27. The first kappa shape index (κ1) is 18.4. The van der Waals surface area contributed by atoms with E-state index in [1.54, 1.807) is 43.5 Å². The van der Waals surface area contributed by atoms with Crippen molar-refractivity contribution in [3.05, 3.63) is 53.0 Å². The zero-order chi connectivity index (χ0) is 17.6. The molecule has 2 rings (SSSR count). The van der Waals surface area contributed by atoms with Crippen molar-refractivity contribution in [3.8, 4) is 5.75 Å². The van der Waals surface area contributed by atoms with E-state index in [1.165, 1.54) is 12.1 Å². The number of hydrogen-bond acceptors (Lipinski definition) is 4. The van der Waals surface area contributed by atoms with Crippen LogP contribution in [0.1, 0.15) is 6.42 Å². The standard InChI is InChI=1S/C16H17BrN2O4S/c1-23-14-7-5-13(6-8-14)19-16(20)9-10-18-24(21,22)15-4-2-3-12(17)11-15/h2-8,11,18H,9-10H2,1H3,(H,19,20). The average Bonchev–Trinajstić information content (AvgIpc) is 2.55. The van der Waals surface area contributed by atoms with Gasteiger partial charge in [0.25, 0.3) is 0 Å². The van der Waals surface area contributed by atoms with Crippen molar-refractivity contribution in [2.75, 3.05) is 19.0 Å². The van der Waals surface area contributed by atoms with Gasteiger partial charge in [-0.15, -0.1) is 0 Å². The molecule has 0 heterocycles. The molecule has 0 radical (unpaired) electrons. The van der Waals surface area contributed by atoms with Crippen molar-refractivity contribution in [2.45, 2.75) is 11.3 Å². The molecule has 6 nitrogen and oxygen atoms in total. The second kappa shape index (κ2) is 8.27. The van der Waals surface area contributed by atoms with E-state index in [9.17, 15) is 13.2 Å². The summed E-state index contributed by atoms with van der Waals surface area (Å²) in [6.07, 6.45) is 0.0270. The second-order valence-electron chi connectivity index (χ2n) is 4.88. The molecule has 2 aromatic carbocycles. The summed E-state index contributed by atoms with van der Waals surface area (Å²) in [4.78, 5) is 12.0. The van der Waals surface area contributed by atoms with E-state index in [4.69, 9.17) is 4.74 Å². The molecule has 2 aromatic rings. The predicted molar refractivity (Wildman–Crippen MR) is 95.6 cm³/mol. The molecule has 128 valence electrons. The van der Waals surface area contributed by atoms with Crippen molar-refractivity contribution in [1.82, 2.24) is 4.72 Å². The summed E-state index contributed by atoms with van der Waals surface area (Å²) in [6, 6.07) is 13.2. The van der Waals surface area contributed by atoms with Crippen LogP contribution < -0.4 is 14.8 Å². The zero-order valence-electron chi connectivity index (χ0n) is 13.0. The Kier molecular flexibility index (Phi) is 6.36. The highest BCUT2D eigenvalue weighted by Crippen LogP contribution is 2.16. The van der Waals surface area contributed by atoms with Crippen molar-refractivity contribution in [1.29, 1.82) is 0 Å². The highest BCUT2D eigenvalue weighted by Gasteiger charge is 2.14. The smallest absolute Gasteiger partial charge is 0.240 e. The number of sulfonamides is 1. The van der Waals surface area contributed by atoms with Crippen LogP contribution in [-0.2, 0) is 14.8 Å². The van der Waals surface area contributed by atoms with Crippen molar-refractivity contribution in [3.63, 3.8) is 0 Å². The van der Waals surface area contributed by atoms with Crippen LogP contribution in [0, 0.1) is 0 Å². The number of rotatable bonds is 7. The van der Waals surface area contributed by atoms with E-state index in [0.29, 0.717) is 15.9 Å². The van der Waals surface area contributed by atoms with Gasteiger partial charge in [0.1, 0.15) is 5.75 Å². The molecule has 2 N–H and O–H groups in total. The molecule has 0 aliphatic heterocycles. The Morgan fingerprint density at radius 1 is 1.17 bits per heavy atom. The van der Waals surface area contributed by atoms with E-state index in [0.717, 1.165) is 0 Å². The molecular weight excluding hydrogens is 396 g/mol. The molecule has 0 fully saturated rings. The van der Waals surface area contributed by atoms with E-state index in [2.05, 4.69) is 26.0 Å². The second-order valence-corrected chi connectivity index (χ2v) is 7.56. The quantitative estimate of drug-likeness (QED) is 0.731. The fourth-order valence-corrected chi connectivity index (χ4v) is 3.54. The molecule has 0 saturated carbocycles. The fraction of sp³-hybridized carbons (Fsp3) is 0.188. The van der Waals surface area contributed by atoms with Gasteiger partial charge in [0.05, 0.1) is 12.0 Å². The fourth-order valence-electron chi connectivity index (χ4n) is 1.91. The SMILES string of the molecule is COc1ccc(NC(=O)CCNS(=O)(=O)c2cccc(Br)c2)cc1. The van der Waals surface area contributed by atoms with Gasteiger partial charge in [0, 0.05) is 23.1 Å². The number of ether oxygens (including phenoxy) is 1. The predicted octanol–water partition coefficient (Wildman–Crippen LogP) is 2.76. The maximum atomic E-state index is 12.1. The number of carbonyl (C=O) groups is 1. The monoisotopic (exact) mass is 412 g/mol. The van der Waals surface area contributed by atoms with Crippen LogP contribution in [0.5, 0.6) is 5.75 Å². The van der Waals surface area contributed by atoms with Crippen LogP contribution in [0.4, 0.5) is 5.69 Å². The summed E-state index contributed by atoms with van der Waals surface area (Å²) < 4.78 is 32.3. The lowest BCUT2D eigenvalue weighted by Gasteiger charge is -2.08. The van der Waals surface area contributed by atoms with Crippen molar-refractivity contribution < 1.29 is 17.9 Å². The summed E-state index contributed by atoms with van der Waals surface area (Å²) in [7, 11) is -2.08. The van der Waals surface area contributed by atoms with Gasteiger partial charge in [0.15, 0.2) is 0 Å². The van der Waals surface area contributed by atoms with Crippen LogP contribution >= 0.6 is 15.9 Å². The molecule has 0 aromatic heterocycles. The van der Waals surface area contributed by atoms with Gasteiger partial charge >= 0.3 is 0 Å². The van der Waals surface area contributed by atoms with E-state index < -0.39 is 10.0 Å². The van der Waals surface area contributed by atoms with Crippen LogP contribution in [0.3, 0.4) is 0 Å². The van der Waals surface area contributed by atoms with E-state index in [1.807, 2.05) is 0 Å². The summed E-state index contributed by atoms with van der Waals surface area (Å²) in [6.45, 7) is 0.0107. The third-order valence-corrected chi connectivity index (χ3v) is 5.08.